The Morgan fingerprint density at radius 1 is 1.18 bits per heavy atom. The van der Waals surface area contributed by atoms with E-state index < -0.39 is 5.97 Å². The summed E-state index contributed by atoms with van der Waals surface area (Å²) >= 11 is 0. The van der Waals surface area contributed by atoms with Crippen LogP contribution in [0.5, 0.6) is 0 Å². The molecule has 1 fully saturated rings. The van der Waals surface area contributed by atoms with Gasteiger partial charge in [0.05, 0.1) is 6.54 Å². The van der Waals surface area contributed by atoms with E-state index in [4.69, 9.17) is 5.11 Å². The predicted molar refractivity (Wildman–Crippen MR) is 64.7 cm³/mol. The summed E-state index contributed by atoms with van der Waals surface area (Å²) in [6.45, 7) is 6.97. The van der Waals surface area contributed by atoms with Crippen LogP contribution in [0.1, 0.15) is 26.7 Å². The first kappa shape index (κ1) is 14.0. The van der Waals surface area contributed by atoms with Crippen LogP contribution in [0.25, 0.3) is 0 Å². The van der Waals surface area contributed by atoms with Crippen molar-refractivity contribution in [1.82, 2.24) is 9.80 Å². The van der Waals surface area contributed by atoms with Crippen LogP contribution in [0.4, 0.5) is 0 Å². The number of nitrogens with zero attached hydrogens (tertiary/aromatic N) is 2. The van der Waals surface area contributed by atoms with Crippen molar-refractivity contribution in [2.75, 3.05) is 32.7 Å². The SMILES string of the molecule is CC(C)CC(=O)N1CCCN(CC(=O)O)CC1. The van der Waals surface area contributed by atoms with E-state index in [1.807, 2.05) is 23.6 Å². The minimum atomic E-state index is -0.799. The van der Waals surface area contributed by atoms with Crippen LogP contribution in [0.15, 0.2) is 0 Å². The van der Waals surface area contributed by atoms with Crippen LogP contribution in [-0.4, -0.2) is 59.5 Å². The highest BCUT2D eigenvalue weighted by atomic mass is 16.4. The van der Waals surface area contributed by atoms with Crippen LogP contribution in [-0.2, 0) is 9.59 Å². The van der Waals surface area contributed by atoms with Crippen molar-refractivity contribution < 1.29 is 14.7 Å². The molecule has 0 saturated carbocycles. The molecule has 1 N–H and O–H groups in total. The Morgan fingerprint density at radius 2 is 1.88 bits per heavy atom. The molecular formula is C12H22N2O3. The number of carboxylic acids is 1. The predicted octanol–water partition coefficient (Wildman–Crippen LogP) is 0.651. The largest absolute Gasteiger partial charge is 0.480 e. The summed E-state index contributed by atoms with van der Waals surface area (Å²) in [7, 11) is 0. The average Bonchev–Trinajstić information content (AvgIpc) is 2.41. The van der Waals surface area contributed by atoms with E-state index in [9.17, 15) is 9.59 Å². The second kappa shape index (κ2) is 6.59. The molecule has 1 heterocycles. The van der Waals surface area contributed by atoms with E-state index in [0.29, 0.717) is 25.4 Å². The summed E-state index contributed by atoms with van der Waals surface area (Å²) in [6.07, 6.45) is 1.44. The molecule has 1 aliphatic heterocycles. The van der Waals surface area contributed by atoms with E-state index in [1.165, 1.54) is 0 Å². The maximum Gasteiger partial charge on any atom is 0.317 e. The average molecular weight is 242 g/mol. The van der Waals surface area contributed by atoms with E-state index in [2.05, 4.69) is 0 Å². The normalized spacial score (nSPS) is 18.2. The van der Waals surface area contributed by atoms with Crippen molar-refractivity contribution >= 4 is 11.9 Å². The first-order chi connectivity index (χ1) is 7.99. The highest BCUT2D eigenvalue weighted by Gasteiger charge is 2.20. The lowest BCUT2D eigenvalue weighted by Gasteiger charge is -2.22. The van der Waals surface area contributed by atoms with Gasteiger partial charge in [0.2, 0.25) is 5.91 Å². The lowest BCUT2D eigenvalue weighted by Crippen LogP contribution is -2.37. The smallest absolute Gasteiger partial charge is 0.317 e. The van der Waals surface area contributed by atoms with Crippen molar-refractivity contribution in [3.05, 3.63) is 0 Å². The van der Waals surface area contributed by atoms with Gasteiger partial charge < -0.3 is 10.0 Å². The second-order valence-corrected chi connectivity index (χ2v) is 5.00. The minimum Gasteiger partial charge on any atom is -0.480 e. The van der Waals surface area contributed by atoms with Gasteiger partial charge in [-0.05, 0) is 12.3 Å². The fraction of sp³-hybridized carbons (Fsp3) is 0.833. The van der Waals surface area contributed by atoms with Crippen molar-refractivity contribution in [2.24, 2.45) is 5.92 Å². The minimum absolute atomic E-state index is 0.0756. The van der Waals surface area contributed by atoms with Crippen LogP contribution < -0.4 is 0 Å². The molecule has 5 heteroatoms. The van der Waals surface area contributed by atoms with Crippen LogP contribution in [0, 0.1) is 5.92 Å². The van der Waals surface area contributed by atoms with Crippen molar-refractivity contribution in [2.45, 2.75) is 26.7 Å². The summed E-state index contributed by atoms with van der Waals surface area (Å²) in [5.74, 6) is -0.231. The van der Waals surface area contributed by atoms with Gasteiger partial charge in [-0.2, -0.15) is 0 Å². The van der Waals surface area contributed by atoms with Crippen molar-refractivity contribution in [3.63, 3.8) is 0 Å². The Morgan fingerprint density at radius 3 is 2.47 bits per heavy atom. The molecular weight excluding hydrogens is 220 g/mol. The molecule has 1 saturated heterocycles. The number of carboxylic acid groups (broad SMARTS) is 1. The molecule has 1 aliphatic rings. The molecule has 0 bridgehead atoms. The lowest BCUT2D eigenvalue weighted by molar-refractivity contribution is -0.138. The van der Waals surface area contributed by atoms with Gasteiger partial charge in [-0.25, -0.2) is 0 Å². The Labute approximate surface area is 102 Å². The summed E-state index contributed by atoms with van der Waals surface area (Å²) in [5.41, 5.74) is 0. The number of amides is 1. The first-order valence-electron chi connectivity index (χ1n) is 6.21. The monoisotopic (exact) mass is 242 g/mol. The van der Waals surface area contributed by atoms with Crippen molar-refractivity contribution in [1.29, 1.82) is 0 Å². The molecule has 0 aromatic rings. The highest BCUT2D eigenvalue weighted by molar-refractivity contribution is 5.76. The molecule has 0 aromatic carbocycles. The number of hydrogen-bond acceptors (Lipinski definition) is 3. The molecule has 98 valence electrons. The maximum atomic E-state index is 11.9. The van der Waals surface area contributed by atoms with E-state index in [-0.39, 0.29) is 12.5 Å². The zero-order valence-electron chi connectivity index (χ0n) is 10.7. The number of rotatable bonds is 4. The third kappa shape index (κ3) is 5.17. The summed E-state index contributed by atoms with van der Waals surface area (Å²) in [5, 5.41) is 8.73. The Hall–Kier alpha value is -1.10. The molecule has 0 unspecified atom stereocenters. The molecule has 0 atom stereocenters. The fourth-order valence-corrected chi connectivity index (χ4v) is 2.05. The molecule has 5 nitrogen and oxygen atoms in total. The zero-order valence-corrected chi connectivity index (χ0v) is 10.7. The Bertz CT molecular complexity index is 279. The number of carbonyl (C=O) groups is 2. The van der Waals surface area contributed by atoms with E-state index in [0.717, 1.165) is 19.5 Å². The number of hydrogen-bond donors (Lipinski definition) is 1. The van der Waals surface area contributed by atoms with E-state index in [1.54, 1.807) is 0 Å². The fourth-order valence-electron chi connectivity index (χ4n) is 2.05. The van der Waals surface area contributed by atoms with Gasteiger partial charge in [-0.15, -0.1) is 0 Å². The summed E-state index contributed by atoms with van der Waals surface area (Å²) < 4.78 is 0. The third-order valence-electron chi connectivity index (χ3n) is 2.88. The summed E-state index contributed by atoms with van der Waals surface area (Å²) in [6, 6.07) is 0. The number of aliphatic carboxylic acids is 1. The lowest BCUT2D eigenvalue weighted by atomic mass is 10.1. The third-order valence-corrected chi connectivity index (χ3v) is 2.88. The van der Waals surface area contributed by atoms with Crippen LogP contribution in [0.3, 0.4) is 0 Å². The Balaban J connectivity index is 2.41. The van der Waals surface area contributed by atoms with E-state index >= 15 is 0 Å². The van der Waals surface area contributed by atoms with Crippen LogP contribution in [0.2, 0.25) is 0 Å². The van der Waals surface area contributed by atoms with Crippen LogP contribution >= 0.6 is 0 Å². The maximum absolute atomic E-state index is 11.9. The number of carbonyl (C=O) groups excluding carboxylic acids is 1. The van der Waals surface area contributed by atoms with Crippen molar-refractivity contribution in [3.8, 4) is 0 Å². The molecule has 1 rings (SSSR count). The van der Waals surface area contributed by atoms with Gasteiger partial charge in [0.25, 0.3) is 0 Å². The molecule has 0 aromatic heterocycles. The van der Waals surface area contributed by atoms with Gasteiger partial charge in [0.1, 0.15) is 0 Å². The molecule has 0 spiro atoms. The molecule has 0 radical (unpaired) electrons. The van der Waals surface area contributed by atoms with Gasteiger partial charge in [-0.1, -0.05) is 13.8 Å². The van der Waals surface area contributed by atoms with Gasteiger partial charge in [-0.3, -0.25) is 14.5 Å². The zero-order chi connectivity index (χ0) is 12.8. The molecule has 17 heavy (non-hydrogen) atoms. The topological polar surface area (TPSA) is 60.9 Å². The summed E-state index contributed by atoms with van der Waals surface area (Å²) in [4.78, 5) is 26.3. The van der Waals surface area contributed by atoms with Gasteiger partial charge in [0, 0.05) is 32.6 Å². The Kier molecular flexibility index (Phi) is 5.41. The quantitative estimate of drug-likeness (QED) is 0.786. The van der Waals surface area contributed by atoms with Gasteiger partial charge >= 0.3 is 5.97 Å². The second-order valence-electron chi connectivity index (χ2n) is 5.00. The first-order valence-corrected chi connectivity index (χ1v) is 6.21. The standard InChI is InChI=1S/C12H22N2O3/c1-10(2)8-11(15)14-5-3-4-13(6-7-14)9-12(16)17/h10H,3-9H2,1-2H3,(H,16,17). The van der Waals surface area contributed by atoms with Gasteiger partial charge in [0.15, 0.2) is 0 Å². The molecule has 0 aliphatic carbocycles. The molecule has 1 amide bonds. The highest BCUT2D eigenvalue weighted by Crippen LogP contribution is 2.08.